The maximum Gasteiger partial charge on any atom is 0.343 e. The Hall–Kier alpha value is -1.77. The summed E-state index contributed by atoms with van der Waals surface area (Å²) in [5, 5.41) is 1.68. The van der Waals surface area contributed by atoms with E-state index < -0.39 is 0 Å². The topological polar surface area (TPSA) is 39.4 Å². The number of benzene rings is 1. The second-order valence-corrected chi connectivity index (χ2v) is 5.16. The van der Waals surface area contributed by atoms with E-state index in [1.165, 1.54) is 18.4 Å². The first-order chi connectivity index (χ1) is 9.24. The van der Waals surface area contributed by atoms with Gasteiger partial charge in [-0.1, -0.05) is 6.92 Å². The second-order valence-electron chi connectivity index (χ2n) is 5.16. The van der Waals surface area contributed by atoms with Crippen molar-refractivity contribution in [3.8, 4) is 5.75 Å². The molecule has 0 bridgehead atoms. The zero-order valence-corrected chi connectivity index (χ0v) is 11.4. The van der Waals surface area contributed by atoms with Crippen molar-refractivity contribution in [2.45, 2.75) is 38.5 Å². The van der Waals surface area contributed by atoms with Crippen molar-refractivity contribution >= 4 is 10.8 Å². The minimum atomic E-state index is -0.231. The van der Waals surface area contributed by atoms with Crippen LogP contribution in [0.3, 0.4) is 0 Å². The Morgan fingerprint density at radius 3 is 2.74 bits per heavy atom. The summed E-state index contributed by atoms with van der Waals surface area (Å²) >= 11 is 0. The van der Waals surface area contributed by atoms with Crippen LogP contribution in [0.25, 0.3) is 10.8 Å². The van der Waals surface area contributed by atoms with E-state index in [9.17, 15) is 4.79 Å². The summed E-state index contributed by atoms with van der Waals surface area (Å²) in [6.07, 6.45) is 4.19. The number of fused-ring (bicyclic) bond motifs is 1. The predicted octanol–water partition coefficient (Wildman–Crippen LogP) is 3.63. The highest BCUT2D eigenvalue weighted by molar-refractivity contribution is 5.87. The molecule has 19 heavy (non-hydrogen) atoms. The van der Waals surface area contributed by atoms with Gasteiger partial charge in [0, 0.05) is 12.0 Å². The van der Waals surface area contributed by atoms with Crippen molar-refractivity contribution in [1.82, 2.24) is 0 Å². The minimum Gasteiger partial charge on any atom is -0.497 e. The van der Waals surface area contributed by atoms with E-state index in [0.717, 1.165) is 29.7 Å². The Balaban J connectivity index is 2.31. The molecule has 1 heterocycles. The third-order valence-corrected chi connectivity index (χ3v) is 3.72. The van der Waals surface area contributed by atoms with Crippen LogP contribution in [0, 0.1) is 0 Å². The summed E-state index contributed by atoms with van der Waals surface area (Å²) < 4.78 is 10.8. The molecule has 1 aromatic heterocycles. The van der Waals surface area contributed by atoms with Crippen LogP contribution in [0.4, 0.5) is 0 Å². The molecule has 0 spiro atoms. The molecule has 1 fully saturated rings. The first kappa shape index (κ1) is 12.3. The highest BCUT2D eigenvalue weighted by Gasteiger charge is 2.30. The zero-order valence-electron chi connectivity index (χ0n) is 11.4. The van der Waals surface area contributed by atoms with Crippen LogP contribution in [-0.2, 0) is 6.42 Å². The minimum absolute atomic E-state index is 0.231. The predicted molar refractivity (Wildman–Crippen MR) is 75.0 cm³/mol. The maximum atomic E-state index is 12.1. The molecule has 3 nitrogen and oxygen atoms in total. The van der Waals surface area contributed by atoms with Crippen molar-refractivity contribution in [3.05, 3.63) is 39.9 Å². The second kappa shape index (κ2) is 4.72. The van der Waals surface area contributed by atoms with Crippen LogP contribution in [-0.4, -0.2) is 7.11 Å². The lowest BCUT2D eigenvalue weighted by Crippen LogP contribution is -2.06. The van der Waals surface area contributed by atoms with Crippen molar-refractivity contribution in [3.63, 3.8) is 0 Å². The summed E-state index contributed by atoms with van der Waals surface area (Å²) in [6, 6.07) is 5.59. The van der Waals surface area contributed by atoms with Crippen LogP contribution in [0.5, 0.6) is 5.75 Å². The molecule has 2 aromatic rings. The van der Waals surface area contributed by atoms with Crippen LogP contribution in [0.1, 0.15) is 43.4 Å². The van der Waals surface area contributed by atoms with Gasteiger partial charge in [0.1, 0.15) is 11.5 Å². The Kier molecular flexibility index (Phi) is 3.05. The van der Waals surface area contributed by atoms with Crippen LogP contribution >= 0.6 is 0 Å². The van der Waals surface area contributed by atoms with Gasteiger partial charge < -0.3 is 9.15 Å². The van der Waals surface area contributed by atoms with E-state index in [1.54, 1.807) is 7.11 Å². The SMILES string of the molecule is CCCc1oc(=O)c2ccc(OC)cc2c1C1CC1. The summed E-state index contributed by atoms with van der Waals surface area (Å²) in [6.45, 7) is 2.10. The molecule has 1 aliphatic carbocycles. The summed E-state index contributed by atoms with van der Waals surface area (Å²) in [5.74, 6) is 2.22. The monoisotopic (exact) mass is 258 g/mol. The molecule has 0 unspecified atom stereocenters. The molecular formula is C16H18O3. The standard InChI is InChI=1S/C16H18O3/c1-3-4-14-15(10-5-6-10)13-9-11(18-2)7-8-12(13)16(17)19-14/h7-10H,3-6H2,1-2H3. The molecule has 0 atom stereocenters. The number of methoxy groups -OCH3 is 1. The van der Waals surface area contributed by atoms with E-state index in [2.05, 4.69) is 6.92 Å². The van der Waals surface area contributed by atoms with Crippen LogP contribution < -0.4 is 10.4 Å². The van der Waals surface area contributed by atoms with E-state index in [4.69, 9.17) is 9.15 Å². The van der Waals surface area contributed by atoms with Gasteiger partial charge in [-0.15, -0.1) is 0 Å². The normalized spacial score (nSPS) is 14.8. The lowest BCUT2D eigenvalue weighted by molar-refractivity contribution is 0.415. The molecule has 100 valence electrons. The fourth-order valence-electron chi connectivity index (χ4n) is 2.66. The largest absolute Gasteiger partial charge is 0.497 e. The van der Waals surface area contributed by atoms with Crippen molar-refractivity contribution in [2.75, 3.05) is 7.11 Å². The number of aryl methyl sites for hydroxylation is 1. The molecule has 0 amide bonds. The van der Waals surface area contributed by atoms with Crippen molar-refractivity contribution in [1.29, 1.82) is 0 Å². The van der Waals surface area contributed by atoms with Gasteiger partial charge in [0.2, 0.25) is 0 Å². The first-order valence-electron chi connectivity index (χ1n) is 6.88. The zero-order chi connectivity index (χ0) is 13.4. The van der Waals surface area contributed by atoms with Gasteiger partial charge in [-0.25, -0.2) is 4.79 Å². The Morgan fingerprint density at radius 2 is 2.11 bits per heavy atom. The van der Waals surface area contributed by atoms with Gasteiger partial charge in [0.25, 0.3) is 0 Å². The summed E-state index contributed by atoms with van der Waals surface area (Å²) in [5.41, 5.74) is 1.00. The van der Waals surface area contributed by atoms with Gasteiger partial charge >= 0.3 is 5.63 Å². The highest BCUT2D eigenvalue weighted by Crippen LogP contribution is 2.45. The number of ether oxygens (including phenoxy) is 1. The van der Waals surface area contributed by atoms with Crippen molar-refractivity contribution < 1.29 is 9.15 Å². The quantitative estimate of drug-likeness (QED) is 0.840. The maximum absolute atomic E-state index is 12.1. The van der Waals surface area contributed by atoms with E-state index >= 15 is 0 Å². The molecule has 1 aliphatic rings. The lowest BCUT2D eigenvalue weighted by atomic mass is 9.99. The summed E-state index contributed by atoms with van der Waals surface area (Å²) in [4.78, 5) is 12.1. The molecule has 3 heteroatoms. The van der Waals surface area contributed by atoms with Crippen molar-refractivity contribution in [2.24, 2.45) is 0 Å². The fourth-order valence-corrected chi connectivity index (χ4v) is 2.66. The number of hydrogen-bond donors (Lipinski definition) is 0. The van der Waals surface area contributed by atoms with E-state index in [1.807, 2.05) is 18.2 Å². The number of rotatable bonds is 4. The van der Waals surface area contributed by atoms with E-state index in [0.29, 0.717) is 11.3 Å². The Bertz CT molecular complexity index is 665. The Morgan fingerprint density at radius 1 is 1.32 bits per heavy atom. The average Bonchev–Trinajstić information content (AvgIpc) is 3.23. The molecule has 1 saturated carbocycles. The molecule has 0 saturated heterocycles. The highest BCUT2D eigenvalue weighted by atomic mass is 16.5. The molecule has 3 rings (SSSR count). The average molecular weight is 258 g/mol. The van der Waals surface area contributed by atoms with Gasteiger partial charge in [-0.2, -0.15) is 0 Å². The van der Waals surface area contributed by atoms with E-state index in [-0.39, 0.29) is 5.63 Å². The van der Waals surface area contributed by atoms with Crippen LogP contribution in [0.2, 0.25) is 0 Å². The third kappa shape index (κ3) is 2.14. The third-order valence-electron chi connectivity index (χ3n) is 3.72. The smallest absolute Gasteiger partial charge is 0.343 e. The van der Waals surface area contributed by atoms with Gasteiger partial charge in [-0.3, -0.25) is 0 Å². The van der Waals surface area contributed by atoms with Gasteiger partial charge in [0.15, 0.2) is 0 Å². The fraction of sp³-hybridized carbons (Fsp3) is 0.438. The Labute approximate surface area is 112 Å². The van der Waals surface area contributed by atoms with Gasteiger partial charge in [-0.05, 0) is 48.8 Å². The number of hydrogen-bond acceptors (Lipinski definition) is 3. The lowest BCUT2D eigenvalue weighted by Gasteiger charge is -2.11. The summed E-state index contributed by atoms with van der Waals surface area (Å²) in [7, 11) is 1.65. The molecule has 1 aromatic carbocycles. The first-order valence-corrected chi connectivity index (χ1v) is 6.88. The molecule has 0 radical (unpaired) electrons. The molecule has 0 N–H and O–H groups in total. The molecule has 0 aliphatic heterocycles. The van der Waals surface area contributed by atoms with Crippen LogP contribution in [0.15, 0.2) is 27.4 Å². The van der Waals surface area contributed by atoms with Gasteiger partial charge in [0.05, 0.1) is 12.5 Å². The molecular weight excluding hydrogens is 240 g/mol.